The lowest BCUT2D eigenvalue weighted by Crippen LogP contribution is -2.48. The van der Waals surface area contributed by atoms with Crippen LogP contribution in [0.25, 0.3) is 0 Å². The molecule has 2 N–H and O–H groups in total. The van der Waals surface area contributed by atoms with E-state index in [4.69, 9.17) is 10.5 Å². The van der Waals surface area contributed by atoms with E-state index in [1.54, 1.807) is 0 Å². The van der Waals surface area contributed by atoms with E-state index in [-0.39, 0.29) is 11.5 Å². The van der Waals surface area contributed by atoms with Crippen LogP contribution < -0.4 is 5.73 Å². The fraction of sp³-hybridized carbons (Fsp3) is 0.769. The number of hydrogen-bond acceptors (Lipinski definition) is 2. The van der Waals surface area contributed by atoms with Gasteiger partial charge in [0, 0.05) is 19.6 Å². The highest BCUT2D eigenvalue weighted by Crippen LogP contribution is 2.20. The molecule has 1 saturated heterocycles. The van der Waals surface area contributed by atoms with Gasteiger partial charge in [-0.1, -0.05) is 19.9 Å². The fourth-order valence-corrected chi connectivity index (χ4v) is 1.88. The van der Waals surface area contributed by atoms with Gasteiger partial charge in [0.05, 0.1) is 12.7 Å². The third kappa shape index (κ3) is 4.77. The van der Waals surface area contributed by atoms with E-state index in [1.807, 2.05) is 6.08 Å². The van der Waals surface area contributed by atoms with Crippen molar-refractivity contribution in [3.8, 4) is 0 Å². The SMILES string of the molecule is C=CCC(C)(C)CN=C(N)N1CCOC(C)C1. The average Bonchev–Trinajstić information content (AvgIpc) is 2.26. The van der Waals surface area contributed by atoms with Gasteiger partial charge in [-0.3, -0.25) is 4.99 Å². The van der Waals surface area contributed by atoms with Crippen LogP contribution in [0.1, 0.15) is 27.2 Å². The van der Waals surface area contributed by atoms with Crippen LogP contribution in [0.15, 0.2) is 17.6 Å². The molecular weight excluding hydrogens is 214 g/mol. The minimum atomic E-state index is 0.129. The van der Waals surface area contributed by atoms with Crippen LogP contribution in [0.4, 0.5) is 0 Å². The molecule has 0 amide bonds. The summed E-state index contributed by atoms with van der Waals surface area (Å²) in [5.41, 5.74) is 6.14. The standard InChI is InChI=1S/C13H25N3O/c1-5-6-13(3,4)10-15-12(14)16-7-8-17-11(2)9-16/h5,11H,1,6-10H2,2-4H3,(H2,14,15). The Bertz CT molecular complexity index is 286. The highest BCUT2D eigenvalue weighted by Gasteiger charge is 2.20. The van der Waals surface area contributed by atoms with Crippen LogP contribution in [-0.2, 0) is 4.74 Å². The predicted molar refractivity (Wildman–Crippen MR) is 72.1 cm³/mol. The molecule has 0 spiro atoms. The van der Waals surface area contributed by atoms with E-state index in [0.29, 0.717) is 5.96 Å². The average molecular weight is 239 g/mol. The van der Waals surface area contributed by atoms with Crippen molar-refractivity contribution in [3.05, 3.63) is 12.7 Å². The van der Waals surface area contributed by atoms with Crippen LogP contribution in [-0.4, -0.2) is 43.2 Å². The Morgan fingerprint density at radius 3 is 2.94 bits per heavy atom. The van der Waals surface area contributed by atoms with E-state index in [1.165, 1.54) is 0 Å². The van der Waals surface area contributed by atoms with E-state index >= 15 is 0 Å². The van der Waals surface area contributed by atoms with Crippen LogP contribution in [0, 0.1) is 5.41 Å². The fourth-order valence-electron chi connectivity index (χ4n) is 1.88. The zero-order chi connectivity index (χ0) is 12.9. The summed E-state index contributed by atoms with van der Waals surface area (Å²) >= 11 is 0. The van der Waals surface area contributed by atoms with Crippen LogP contribution in [0.3, 0.4) is 0 Å². The number of morpholine rings is 1. The summed E-state index contributed by atoms with van der Waals surface area (Å²) in [6, 6.07) is 0. The largest absolute Gasteiger partial charge is 0.375 e. The Morgan fingerprint density at radius 2 is 2.35 bits per heavy atom. The Hall–Kier alpha value is -1.03. The molecule has 0 bridgehead atoms. The van der Waals surface area contributed by atoms with Gasteiger partial charge in [-0.15, -0.1) is 6.58 Å². The number of allylic oxidation sites excluding steroid dienone is 1. The van der Waals surface area contributed by atoms with Gasteiger partial charge >= 0.3 is 0 Å². The van der Waals surface area contributed by atoms with Gasteiger partial charge < -0.3 is 15.4 Å². The molecule has 1 fully saturated rings. The summed E-state index contributed by atoms with van der Waals surface area (Å²) in [5, 5.41) is 0. The summed E-state index contributed by atoms with van der Waals surface area (Å²) < 4.78 is 5.48. The first-order chi connectivity index (χ1) is 7.94. The lowest BCUT2D eigenvalue weighted by atomic mass is 9.90. The molecule has 1 atom stereocenters. The quantitative estimate of drug-likeness (QED) is 0.461. The Kier molecular flexibility index (Phi) is 5.00. The molecule has 0 radical (unpaired) electrons. The molecule has 4 nitrogen and oxygen atoms in total. The second-order valence-corrected chi connectivity index (χ2v) is 5.46. The van der Waals surface area contributed by atoms with Crippen molar-refractivity contribution in [3.63, 3.8) is 0 Å². The molecule has 0 aromatic rings. The first kappa shape index (κ1) is 14.0. The molecule has 1 aliphatic rings. The zero-order valence-corrected chi connectivity index (χ0v) is 11.3. The number of guanidine groups is 1. The molecule has 0 saturated carbocycles. The van der Waals surface area contributed by atoms with Crippen molar-refractivity contribution in [2.75, 3.05) is 26.2 Å². The summed E-state index contributed by atoms with van der Waals surface area (Å²) in [6.45, 7) is 13.3. The Morgan fingerprint density at radius 1 is 1.65 bits per heavy atom. The summed E-state index contributed by atoms with van der Waals surface area (Å²) in [6.07, 6.45) is 3.12. The van der Waals surface area contributed by atoms with Crippen molar-refractivity contribution in [2.24, 2.45) is 16.1 Å². The number of rotatable bonds is 4. The van der Waals surface area contributed by atoms with Crippen molar-refractivity contribution in [1.82, 2.24) is 4.90 Å². The summed E-state index contributed by atoms with van der Waals surface area (Å²) in [4.78, 5) is 6.58. The molecular formula is C13H25N3O. The monoisotopic (exact) mass is 239 g/mol. The Labute approximate surface area is 105 Å². The predicted octanol–water partition coefficient (Wildman–Crippen LogP) is 1.62. The summed E-state index contributed by atoms with van der Waals surface area (Å²) in [7, 11) is 0. The van der Waals surface area contributed by atoms with Crippen molar-refractivity contribution >= 4 is 5.96 Å². The minimum absolute atomic E-state index is 0.129. The topological polar surface area (TPSA) is 50.8 Å². The number of nitrogens with zero attached hydrogens (tertiary/aromatic N) is 2. The van der Waals surface area contributed by atoms with Crippen molar-refractivity contribution < 1.29 is 4.74 Å². The Balaban J connectivity index is 2.50. The maximum Gasteiger partial charge on any atom is 0.191 e. The van der Waals surface area contributed by atoms with Crippen molar-refractivity contribution in [1.29, 1.82) is 0 Å². The second kappa shape index (κ2) is 6.05. The van der Waals surface area contributed by atoms with E-state index in [2.05, 4.69) is 37.2 Å². The highest BCUT2D eigenvalue weighted by atomic mass is 16.5. The highest BCUT2D eigenvalue weighted by molar-refractivity contribution is 5.78. The lowest BCUT2D eigenvalue weighted by Gasteiger charge is -2.32. The molecule has 4 heteroatoms. The number of hydrogen-bond donors (Lipinski definition) is 1. The van der Waals surface area contributed by atoms with Gasteiger partial charge in [-0.05, 0) is 18.8 Å². The zero-order valence-electron chi connectivity index (χ0n) is 11.3. The molecule has 1 heterocycles. The van der Waals surface area contributed by atoms with E-state index in [0.717, 1.165) is 32.7 Å². The normalized spacial score (nSPS) is 22.6. The number of nitrogens with two attached hydrogens (primary N) is 1. The lowest BCUT2D eigenvalue weighted by molar-refractivity contribution is 0.00524. The molecule has 1 unspecified atom stereocenters. The van der Waals surface area contributed by atoms with Gasteiger partial charge in [0.2, 0.25) is 0 Å². The maximum atomic E-state index is 6.01. The van der Waals surface area contributed by atoms with Crippen LogP contribution in [0.5, 0.6) is 0 Å². The van der Waals surface area contributed by atoms with Gasteiger partial charge in [0.15, 0.2) is 5.96 Å². The van der Waals surface area contributed by atoms with Crippen LogP contribution in [0.2, 0.25) is 0 Å². The molecule has 0 aliphatic carbocycles. The van der Waals surface area contributed by atoms with Crippen molar-refractivity contribution in [2.45, 2.75) is 33.3 Å². The van der Waals surface area contributed by atoms with Gasteiger partial charge in [0.25, 0.3) is 0 Å². The molecule has 98 valence electrons. The van der Waals surface area contributed by atoms with Gasteiger partial charge in [-0.2, -0.15) is 0 Å². The number of aliphatic imine (C=N–C) groups is 1. The van der Waals surface area contributed by atoms with Gasteiger partial charge in [-0.25, -0.2) is 0 Å². The second-order valence-electron chi connectivity index (χ2n) is 5.46. The molecule has 1 aliphatic heterocycles. The van der Waals surface area contributed by atoms with E-state index in [9.17, 15) is 0 Å². The molecule has 17 heavy (non-hydrogen) atoms. The summed E-state index contributed by atoms with van der Waals surface area (Å²) in [5.74, 6) is 0.636. The minimum Gasteiger partial charge on any atom is -0.375 e. The first-order valence-electron chi connectivity index (χ1n) is 6.22. The van der Waals surface area contributed by atoms with Crippen LogP contribution >= 0.6 is 0 Å². The first-order valence-corrected chi connectivity index (χ1v) is 6.22. The number of ether oxygens (including phenoxy) is 1. The maximum absolute atomic E-state index is 6.01. The van der Waals surface area contributed by atoms with Gasteiger partial charge in [0.1, 0.15) is 0 Å². The third-order valence-corrected chi connectivity index (χ3v) is 2.93. The van der Waals surface area contributed by atoms with E-state index < -0.39 is 0 Å². The molecule has 0 aromatic heterocycles. The molecule has 0 aromatic carbocycles. The molecule has 1 rings (SSSR count). The third-order valence-electron chi connectivity index (χ3n) is 2.93. The smallest absolute Gasteiger partial charge is 0.191 e.